The van der Waals surface area contributed by atoms with E-state index < -0.39 is 66.2 Å². The lowest BCUT2D eigenvalue weighted by atomic mass is 10.0. The largest absolute Gasteiger partial charge is 0.472 e. The maximum Gasteiger partial charge on any atom is 0.472 e. The number of ketones is 1. The predicted molar refractivity (Wildman–Crippen MR) is 235 cm³/mol. The molecule has 1 unspecified atom stereocenters. The lowest BCUT2D eigenvalue weighted by Crippen LogP contribution is -2.30. The van der Waals surface area contributed by atoms with Crippen molar-refractivity contribution >= 4 is 33.4 Å². The summed E-state index contributed by atoms with van der Waals surface area (Å²) in [7, 11) is -9.75. The van der Waals surface area contributed by atoms with E-state index in [0.717, 1.165) is 50.9 Å². The van der Waals surface area contributed by atoms with Gasteiger partial charge in [0.05, 0.1) is 19.8 Å². The molecule has 60 heavy (non-hydrogen) atoms. The fourth-order valence-electron chi connectivity index (χ4n) is 5.72. The maximum atomic E-state index is 12.7. The number of unbranched alkanes of at least 4 members (excludes halogenated alkanes) is 14. The highest BCUT2D eigenvalue weighted by Crippen LogP contribution is 2.43. The van der Waals surface area contributed by atoms with E-state index in [0.29, 0.717) is 6.42 Å². The first-order valence-electron chi connectivity index (χ1n) is 22.1. The van der Waals surface area contributed by atoms with E-state index in [9.17, 15) is 33.5 Å². The number of phosphoric ester groups is 2. The minimum Gasteiger partial charge on any atom is -0.462 e. The van der Waals surface area contributed by atoms with Crippen LogP contribution >= 0.6 is 15.6 Å². The van der Waals surface area contributed by atoms with Crippen LogP contribution < -0.4 is 0 Å². The molecule has 0 saturated carbocycles. The number of allylic oxidation sites excluding steroid dienone is 8. The van der Waals surface area contributed by atoms with Gasteiger partial charge in [0.15, 0.2) is 11.9 Å². The van der Waals surface area contributed by atoms with Gasteiger partial charge in [0.25, 0.3) is 0 Å². The van der Waals surface area contributed by atoms with E-state index in [1.54, 1.807) is 12.2 Å². The summed E-state index contributed by atoms with van der Waals surface area (Å²) >= 11 is 0. The van der Waals surface area contributed by atoms with Crippen LogP contribution in [0.25, 0.3) is 0 Å². The van der Waals surface area contributed by atoms with Gasteiger partial charge in [-0.05, 0) is 50.5 Å². The molecule has 0 saturated heterocycles. The van der Waals surface area contributed by atoms with Gasteiger partial charge in [-0.3, -0.25) is 28.0 Å². The Kier molecular flexibility index (Phi) is 37.0. The first-order valence-corrected chi connectivity index (χ1v) is 25.2. The van der Waals surface area contributed by atoms with Crippen LogP contribution in [0, 0.1) is 5.92 Å². The molecule has 3 atom stereocenters. The van der Waals surface area contributed by atoms with Gasteiger partial charge >= 0.3 is 27.6 Å². The summed E-state index contributed by atoms with van der Waals surface area (Å²) < 4.78 is 47.6. The summed E-state index contributed by atoms with van der Waals surface area (Å²) in [5, 5.41) is 9.74. The second kappa shape index (κ2) is 38.4. The van der Waals surface area contributed by atoms with E-state index in [-0.39, 0.29) is 31.5 Å². The molecule has 0 aliphatic carbocycles. The lowest BCUT2D eigenvalue weighted by molar-refractivity contribution is -0.161. The molecule has 0 spiro atoms. The third-order valence-corrected chi connectivity index (χ3v) is 10.6. The Balaban J connectivity index is 4.69. The zero-order valence-corrected chi connectivity index (χ0v) is 38.5. The maximum absolute atomic E-state index is 12.7. The van der Waals surface area contributed by atoms with Crippen molar-refractivity contribution in [2.45, 2.75) is 181 Å². The summed E-state index contributed by atoms with van der Waals surface area (Å²) in [6.45, 7) is 3.77. The van der Waals surface area contributed by atoms with E-state index in [2.05, 4.69) is 54.1 Å². The Morgan fingerprint density at radius 2 is 1.13 bits per heavy atom. The van der Waals surface area contributed by atoms with Crippen LogP contribution in [-0.2, 0) is 46.6 Å². The number of aliphatic hydroxyl groups is 1. The highest BCUT2D eigenvalue weighted by molar-refractivity contribution is 7.47. The topological polar surface area (TPSA) is 212 Å². The van der Waals surface area contributed by atoms with Crippen molar-refractivity contribution in [3.05, 3.63) is 48.6 Å². The molecule has 4 N–H and O–H groups in total. The van der Waals surface area contributed by atoms with Crippen LogP contribution in [0.15, 0.2) is 48.6 Å². The number of hydrogen-bond donors (Lipinski definition) is 4. The second-order valence-electron chi connectivity index (χ2n) is 15.5. The van der Waals surface area contributed by atoms with Gasteiger partial charge in [0.2, 0.25) is 0 Å². The van der Waals surface area contributed by atoms with Gasteiger partial charge in [-0.25, -0.2) is 9.13 Å². The fraction of sp³-hybridized carbons (Fsp3) is 0.750. The lowest BCUT2D eigenvalue weighted by Gasteiger charge is -2.20. The van der Waals surface area contributed by atoms with Gasteiger partial charge in [-0.1, -0.05) is 153 Å². The van der Waals surface area contributed by atoms with Crippen LogP contribution in [0.4, 0.5) is 0 Å². The van der Waals surface area contributed by atoms with E-state index in [1.165, 1.54) is 76.7 Å². The van der Waals surface area contributed by atoms with Gasteiger partial charge in [0, 0.05) is 19.3 Å². The molecule has 16 heteroatoms. The number of phosphoric acid groups is 2. The average molecular weight is 893 g/mol. The van der Waals surface area contributed by atoms with E-state index in [4.69, 9.17) is 23.8 Å². The molecule has 0 fully saturated rings. The number of carbonyl (C=O) groups is 3. The molecule has 348 valence electrons. The number of carbonyl (C=O) groups excluding carboxylic acids is 3. The van der Waals surface area contributed by atoms with Crippen molar-refractivity contribution in [1.82, 2.24) is 0 Å². The number of ether oxygens (including phenoxy) is 2. The Bertz CT molecular complexity index is 1320. The molecule has 0 aromatic rings. The van der Waals surface area contributed by atoms with Crippen LogP contribution in [0.1, 0.15) is 168 Å². The van der Waals surface area contributed by atoms with Crippen LogP contribution in [0.3, 0.4) is 0 Å². The second-order valence-corrected chi connectivity index (χ2v) is 18.2. The number of hydrogen-bond acceptors (Lipinski definition) is 11. The molecule has 14 nitrogen and oxygen atoms in total. The van der Waals surface area contributed by atoms with Crippen molar-refractivity contribution in [2.24, 2.45) is 5.92 Å². The Hall–Kier alpha value is -2.25. The highest BCUT2D eigenvalue weighted by Gasteiger charge is 2.28. The molecule has 0 amide bonds. The predicted octanol–water partition coefficient (Wildman–Crippen LogP) is 10.5. The SMILES string of the molecule is CCCCC/C=C\C/C=C\C/C=C\C=C\C(=O)CCCC(=O)OC[C@H](COP(=O)(O)OC[C@@H](O)COP(=O)(O)O)OC(=O)CCCCCCCCCCCCCCC(C)C. The van der Waals surface area contributed by atoms with Crippen molar-refractivity contribution in [3.8, 4) is 0 Å². The minimum atomic E-state index is -4.89. The minimum absolute atomic E-state index is 0.0820. The monoisotopic (exact) mass is 892 g/mol. The molecular weight excluding hydrogens is 814 g/mol. The number of rotatable bonds is 41. The third kappa shape index (κ3) is 42.4. The molecule has 0 heterocycles. The summed E-state index contributed by atoms with van der Waals surface area (Å²) in [5.41, 5.74) is 0. The summed E-state index contributed by atoms with van der Waals surface area (Å²) in [5.74, 6) is -0.665. The molecule has 0 aromatic carbocycles. The molecule has 0 aliphatic rings. The van der Waals surface area contributed by atoms with E-state index in [1.807, 2.05) is 6.08 Å². The van der Waals surface area contributed by atoms with Gasteiger partial charge in [-0.15, -0.1) is 0 Å². The molecule has 0 bridgehead atoms. The average Bonchev–Trinajstić information content (AvgIpc) is 3.18. The third-order valence-electron chi connectivity index (χ3n) is 9.11. The Labute approximate surface area is 360 Å². The molecule has 0 radical (unpaired) electrons. The van der Waals surface area contributed by atoms with Crippen molar-refractivity contribution in [1.29, 1.82) is 0 Å². The normalized spacial score (nSPS) is 14.5. The van der Waals surface area contributed by atoms with Crippen LogP contribution in [-0.4, -0.2) is 76.1 Å². The van der Waals surface area contributed by atoms with E-state index >= 15 is 0 Å². The zero-order valence-electron chi connectivity index (χ0n) is 36.7. The first kappa shape index (κ1) is 57.8. The molecular formula is C44H78O14P2. The van der Waals surface area contributed by atoms with Gasteiger partial charge < -0.3 is 29.3 Å². The molecule has 0 rings (SSSR count). The van der Waals surface area contributed by atoms with Gasteiger partial charge in [0.1, 0.15) is 12.7 Å². The Morgan fingerprint density at radius 1 is 0.583 bits per heavy atom. The smallest absolute Gasteiger partial charge is 0.462 e. The zero-order chi connectivity index (χ0) is 44.7. The highest BCUT2D eigenvalue weighted by atomic mass is 31.2. The van der Waals surface area contributed by atoms with Crippen molar-refractivity contribution < 1.29 is 66.3 Å². The van der Waals surface area contributed by atoms with Crippen LogP contribution in [0.2, 0.25) is 0 Å². The van der Waals surface area contributed by atoms with Crippen molar-refractivity contribution in [2.75, 3.05) is 26.4 Å². The fourth-order valence-corrected chi connectivity index (χ4v) is 6.88. The Morgan fingerprint density at radius 3 is 1.75 bits per heavy atom. The van der Waals surface area contributed by atoms with Gasteiger partial charge in [-0.2, -0.15) is 0 Å². The standard InChI is InChI=1S/C44H78O14P2/c1-4-5-6-7-8-9-10-11-15-18-21-24-27-31-40(45)32-29-34-43(47)54-37-42(38-57-60(52,53)56-36-41(46)35-55-59(49,50)51)58-44(48)33-28-25-22-19-16-13-12-14-17-20-23-26-30-39(2)3/h8-9,11,15,21,24,27,31,39,41-42,46H,4-7,10,12-14,16-20,22-23,25-26,28-30,32-38H2,1-3H3,(H,52,53)(H2,49,50,51)/b9-8-,15-11-,24-21-,31-27+/t41-,42+/m0/s1. The van der Waals surface area contributed by atoms with Crippen molar-refractivity contribution in [3.63, 3.8) is 0 Å². The summed E-state index contributed by atoms with van der Waals surface area (Å²) in [4.78, 5) is 64.9. The summed E-state index contributed by atoms with van der Waals surface area (Å²) in [6, 6.07) is 0. The summed E-state index contributed by atoms with van der Waals surface area (Å²) in [6.07, 6.45) is 34.1. The number of esters is 2. The number of aliphatic hydroxyl groups excluding tert-OH is 1. The van der Waals surface area contributed by atoms with Crippen LogP contribution in [0.5, 0.6) is 0 Å². The molecule has 0 aliphatic heterocycles. The quantitative estimate of drug-likeness (QED) is 0.0112. The molecule has 0 aromatic heterocycles. The first-order chi connectivity index (χ1) is 28.6.